The molecule has 0 saturated heterocycles. The maximum absolute atomic E-state index is 15.3. The molecule has 5 N–H and O–H groups in total. The molecule has 0 radical (unpaired) electrons. The molecule has 0 atom stereocenters. The zero-order valence-electron chi connectivity index (χ0n) is 21.9. The van der Waals surface area contributed by atoms with Crippen LogP contribution < -0.4 is 20.7 Å². The van der Waals surface area contributed by atoms with Gasteiger partial charge in [0.05, 0.1) is 29.2 Å². The van der Waals surface area contributed by atoms with Crippen LogP contribution in [0.25, 0.3) is 0 Å². The number of halogens is 4. The second kappa shape index (κ2) is 11.8. The Labute approximate surface area is 227 Å². The average molecular weight is 585 g/mol. The molecule has 1 aromatic heterocycles. The maximum atomic E-state index is 15.3. The van der Waals surface area contributed by atoms with E-state index in [0.717, 1.165) is 12.1 Å². The van der Waals surface area contributed by atoms with Gasteiger partial charge in [-0.3, -0.25) is 9.36 Å². The summed E-state index contributed by atoms with van der Waals surface area (Å²) in [4.78, 5) is 39.9. The van der Waals surface area contributed by atoms with Crippen LogP contribution in [0.3, 0.4) is 0 Å². The van der Waals surface area contributed by atoms with Gasteiger partial charge in [-0.05, 0) is 31.0 Å². The van der Waals surface area contributed by atoms with Crippen molar-refractivity contribution in [1.29, 1.82) is 0 Å². The molecule has 0 fully saturated rings. The van der Waals surface area contributed by atoms with Gasteiger partial charge in [-0.2, -0.15) is 18.2 Å². The minimum atomic E-state index is -4.86. The molecule has 216 valence electrons. The number of anilines is 4. The fourth-order valence-electron chi connectivity index (χ4n) is 4.29. The first-order valence-electron chi connectivity index (χ1n) is 11.9. The molecular formula is C25H28F4N5O5P. The standard InChI is InChI=1S/C25H28F4N5O5P/c1-5-24(6-2,40(36,37)38)15-11-20(39-4)19(12-17(15)26)33-23-31-13-16(25(27,28)29)21(34-23)32-18-10-8-7-9-14(18)22(35)30-3/h7-13H,5-6H2,1-4H3,(H,30,35)(H2,36,37,38)(H2,31,32,33,34). The number of alkyl halides is 3. The molecule has 15 heteroatoms. The summed E-state index contributed by atoms with van der Waals surface area (Å²) in [5, 5.41) is 5.72. The molecule has 2 aromatic carbocycles. The SMILES string of the molecule is CCC(CC)(c1cc(OC)c(Nc2ncc(C(F)(F)F)c(Nc3ccccc3C(=O)NC)n2)cc1F)P(=O)(O)O. The molecule has 0 spiro atoms. The monoisotopic (exact) mass is 585 g/mol. The lowest BCUT2D eigenvalue weighted by Crippen LogP contribution is -2.26. The van der Waals surface area contributed by atoms with E-state index in [1.807, 2.05) is 0 Å². The summed E-state index contributed by atoms with van der Waals surface area (Å²) >= 11 is 0. The van der Waals surface area contributed by atoms with Crippen LogP contribution in [0.15, 0.2) is 42.6 Å². The van der Waals surface area contributed by atoms with Gasteiger partial charge in [0.25, 0.3) is 5.91 Å². The van der Waals surface area contributed by atoms with Crippen LogP contribution in [0.4, 0.5) is 40.7 Å². The van der Waals surface area contributed by atoms with E-state index in [4.69, 9.17) is 4.74 Å². The number of para-hydroxylation sites is 1. The van der Waals surface area contributed by atoms with Crippen molar-refractivity contribution < 1.29 is 41.4 Å². The third kappa shape index (κ3) is 6.03. The highest BCUT2D eigenvalue weighted by molar-refractivity contribution is 7.53. The third-order valence-electron chi connectivity index (χ3n) is 6.51. The molecule has 1 amide bonds. The fourth-order valence-corrected chi connectivity index (χ4v) is 5.60. The van der Waals surface area contributed by atoms with E-state index in [-0.39, 0.29) is 47.0 Å². The average Bonchev–Trinajstić information content (AvgIpc) is 2.89. The number of methoxy groups -OCH3 is 1. The zero-order chi connectivity index (χ0) is 29.9. The van der Waals surface area contributed by atoms with Crippen LogP contribution in [-0.4, -0.2) is 39.8 Å². The van der Waals surface area contributed by atoms with Crippen molar-refractivity contribution in [3.05, 3.63) is 65.1 Å². The second-order valence-electron chi connectivity index (χ2n) is 8.64. The summed E-state index contributed by atoms with van der Waals surface area (Å²) in [6.07, 6.45) is -4.49. The lowest BCUT2D eigenvalue weighted by atomic mass is 9.91. The summed E-state index contributed by atoms with van der Waals surface area (Å²) in [5.74, 6) is -2.64. The lowest BCUT2D eigenvalue weighted by molar-refractivity contribution is -0.137. The zero-order valence-corrected chi connectivity index (χ0v) is 22.8. The predicted octanol–water partition coefficient (Wildman–Crippen LogP) is 5.68. The van der Waals surface area contributed by atoms with Crippen LogP contribution >= 0.6 is 7.60 Å². The molecule has 0 bridgehead atoms. The Morgan fingerprint density at radius 2 is 1.70 bits per heavy atom. The van der Waals surface area contributed by atoms with E-state index < -0.39 is 42.0 Å². The number of nitrogens with zero attached hydrogens (tertiary/aromatic N) is 2. The van der Waals surface area contributed by atoms with Gasteiger partial charge in [0.15, 0.2) is 0 Å². The first kappa shape index (κ1) is 30.8. The fraction of sp³-hybridized carbons (Fsp3) is 0.320. The first-order valence-corrected chi connectivity index (χ1v) is 13.6. The summed E-state index contributed by atoms with van der Waals surface area (Å²) in [6.45, 7) is 3.04. The molecule has 0 unspecified atom stereocenters. The van der Waals surface area contributed by atoms with E-state index in [2.05, 4.69) is 25.9 Å². The van der Waals surface area contributed by atoms with Crippen LogP contribution in [0.2, 0.25) is 0 Å². The quantitative estimate of drug-likeness (QED) is 0.150. The number of hydrogen-bond donors (Lipinski definition) is 5. The van der Waals surface area contributed by atoms with Crippen molar-refractivity contribution in [2.24, 2.45) is 0 Å². The van der Waals surface area contributed by atoms with E-state index >= 15 is 4.39 Å². The minimum Gasteiger partial charge on any atom is -0.495 e. The van der Waals surface area contributed by atoms with Gasteiger partial charge in [-0.25, -0.2) is 9.37 Å². The highest BCUT2D eigenvalue weighted by Crippen LogP contribution is 2.62. The smallest absolute Gasteiger partial charge is 0.421 e. The summed E-state index contributed by atoms with van der Waals surface area (Å²) in [7, 11) is -2.22. The topological polar surface area (TPSA) is 146 Å². The first-order chi connectivity index (χ1) is 18.7. The number of carbonyl (C=O) groups excluding carboxylic acids is 1. The van der Waals surface area contributed by atoms with Crippen molar-refractivity contribution in [3.8, 4) is 5.75 Å². The molecule has 0 aliphatic carbocycles. The van der Waals surface area contributed by atoms with Gasteiger partial charge in [0.2, 0.25) is 5.95 Å². The maximum Gasteiger partial charge on any atom is 0.421 e. The van der Waals surface area contributed by atoms with Gasteiger partial charge in [-0.15, -0.1) is 0 Å². The second-order valence-corrected chi connectivity index (χ2v) is 10.6. The van der Waals surface area contributed by atoms with Gasteiger partial charge >= 0.3 is 13.8 Å². The number of nitrogens with one attached hydrogen (secondary N) is 3. The minimum absolute atomic E-state index is 0.0397. The number of hydrogen-bond acceptors (Lipinski definition) is 7. The Morgan fingerprint density at radius 1 is 1.05 bits per heavy atom. The normalized spacial score (nSPS) is 12.2. The summed E-state index contributed by atoms with van der Waals surface area (Å²) in [5.41, 5.74) is -1.50. The number of benzene rings is 2. The molecular weight excluding hydrogens is 557 g/mol. The third-order valence-corrected chi connectivity index (χ3v) is 8.50. The van der Waals surface area contributed by atoms with Crippen LogP contribution in [0.5, 0.6) is 5.75 Å². The summed E-state index contributed by atoms with van der Waals surface area (Å²) in [6, 6.07) is 7.89. The van der Waals surface area contributed by atoms with Gasteiger partial charge in [0.1, 0.15) is 22.9 Å². The number of ether oxygens (including phenoxy) is 1. The number of amides is 1. The van der Waals surface area contributed by atoms with Gasteiger partial charge in [0, 0.05) is 24.9 Å². The predicted molar refractivity (Wildman–Crippen MR) is 141 cm³/mol. The Hall–Kier alpha value is -3.74. The molecule has 3 rings (SSSR count). The van der Waals surface area contributed by atoms with Crippen molar-refractivity contribution in [3.63, 3.8) is 0 Å². The van der Waals surface area contributed by atoms with E-state index in [9.17, 15) is 32.3 Å². The van der Waals surface area contributed by atoms with Crippen LogP contribution in [0, 0.1) is 5.82 Å². The number of rotatable bonds is 10. The van der Waals surface area contributed by atoms with Crippen molar-refractivity contribution >= 4 is 36.6 Å². The molecule has 40 heavy (non-hydrogen) atoms. The highest BCUT2D eigenvalue weighted by atomic mass is 31.2. The molecule has 10 nitrogen and oxygen atoms in total. The number of carbonyl (C=O) groups is 1. The van der Waals surface area contributed by atoms with E-state index in [1.54, 1.807) is 0 Å². The largest absolute Gasteiger partial charge is 0.495 e. The van der Waals surface area contributed by atoms with Crippen molar-refractivity contribution in [1.82, 2.24) is 15.3 Å². The molecule has 0 aliphatic rings. The Kier molecular flexibility index (Phi) is 9.07. The molecule has 1 heterocycles. The van der Waals surface area contributed by atoms with Gasteiger partial charge < -0.3 is 30.5 Å². The van der Waals surface area contributed by atoms with Crippen molar-refractivity contribution in [2.45, 2.75) is 38.0 Å². The molecule has 3 aromatic rings. The van der Waals surface area contributed by atoms with Gasteiger partial charge in [-0.1, -0.05) is 26.0 Å². The summed E-state index contributed by atoms with van der Waals surface area (Å²) < 4.78 is 74.3. The Morgan fingerprint density at radius 3 is 2.25 bits per heavy atom. The number of aromatic nitrogens is 2. The van der Waals surface area contributed by atoms with Crippen LogP contribution in [0.1, 0.15) is 48.2 Å². The molecule has 0 saturated carbocycles. The van der Waals surface area contributed by atoms with E-state index in [1.165, 1.54) is 52.3 Å². The Balaban J connectivity index is 2.10. The molecule has 0 aliphatic heterocycles. The highest BCUT2D eigenvalue weighted by Gasteiger charge is 2.47. The van der Waals surface area contributed by atoms with Crippen LogP contribution in [-0.2, 0) is 15.9 Å². The lowest BCUT2D eigenvalue weighted by Gasteiger charge is -2.33. The van der Waals surface area contributed by atoms with Crippen molar-refractivity contribution in [2.75, 3.05) is 24.8 Å². The Bertz CT molecular complexity index is 1440. The van der Waals surface area contributed by atoms with E-state index in [0.29, 0.717) is 6.20 Å².